The van der Waals surface area contributed by atoms with Crippen molar-refractivity contribution in [1.29, 1.82) is 0 Å². The Bertz CT molecular complexity index is 1460. The summed E-state index contributed by atoms with van der Waals surface area (Å²) in [6.07, 6.45) is 3.65. The van der Waals surface area contributed by atoms with Crippen molar-refractivity contribution in [2.24, 2.45) is 0 Å². The van der Waals surface area contributed by atoms with E-state index in [1.54, 1.807) is 6.20 Å². The third kappa shape index (κ3) is 3.76. The number of aromatic amines is 2. The number of fused-ring (bicyclic) bond motifs is 2. The molecule has 0 aliphatic carbocycles. The van der Waals surface area contributed by atoms with Crippen LogP contribution in [0.4, 0.5) is 17.2 Å². The van der Waals surface area contributed by atoms with Crippen LogP contribution in [0.3, 0.4) is 0 Å². The normalized spacial score (nSPS) is 11.1. The van der Waals surface area contributed by atoms with Crippen LogP contribution >= 0.6 is 0 Å². The molecule has 3 aromatic heterocycles. The number of amides is 1. The summed E-state index contributed by atoms with van der Waals surface area (Å²) in [4.78, 5) is 23.1. The van der Waals surface area contributed by atoms with Gasteiger partial charge in [-0.05, 0) is 54.4 Å². The molecule has 0 aliphatic rings. The van der Waals surface area contributed by atoms with Gasteiger partial charge in [-0.1, -0.05) is 12.1 Å². The van der Waals surface area contributed by atoms with Crippen LogP contribution in [0, 0.1) is 0 Å². The van der Waals surface area contributed by atoms with Gasteiger partial charge in [0, 0.05) is 43.1 Å². The Morgan fingerprint density at radius 2 is 1.94 bits per heavy atom. The molecule has 0 spiro atoms. The predicted octanol–water partition coefficient (Wildman–Crippen LogP) is 4.86. The van der Waals surface area contributed by atoms with Gasteiger partial charge in [-0.25, -0.2) is 4.98 Å². The Kier molecular flexibility index (Phi) is 5.18. The molecule has 8 nitrogen and oxygen atoms in total. The fourth-order valence-corrected chi connectivity index (χ4v) is 4.09. The molecule has 0 fully saturated rings. The van der Waals surface area contributed by atoms with E-state index < -0.39 is 0 Å². The summed E-state index contributed by atoms with van der Waals surface area (Å²) in [5.74, 6) is 0.382. The average molecular weight is 440 g/mol. The molecule has 8 heteroatoms. The highest BCUT2D eigenvalue weighted by atomic mass is 16.1. The van der Waals surface area contributed by atoms with Crippen LogP contribution in [0.15, 0.2) is 60.9 Å². The second-order valence-corrected chi connectivity index (χ2v) is 8.04. The fourth-order valence-electron chi connectivity index (χ4n) is 4.09. The molecule has 0 radical (unpaired) electrons. The summed E-state index contributed by atoms with van der Waals surface area (Å²) in [7, 11) is 3.79. The summed E-state index contributed by atoms with van der Waals surface area (Å²) >= 11 is 0. The van der Waals surface area contributed by atoms with Gasteiger partial charge in [0.15, 0.2) is 5.69 Å². The van der Waals surface area contributed by atoms with E-state index in [2.05, 4.69) is 49.0 Å². The topological polar surface area (TPSA) is 102 Å². The zero-order chi connectivity index (χ0) is 22.9. The van der Waals surface area contributed by atoms with Crippen LogP contribution in [-0.2, 0) is 0 Å². The van der Waals surface area contributed by atoms with Gasteiger partial charge >= 0.3 is 0 Å². The van der Waals surface area contributed by atoms with Gasteiger partial charge in [0.25, 0.3) is 5.91 Å². The van der Waals surface area contributed by atoms with E-state index in [9.17, 15) is 4.79 Å². The van der Waals surface area contributed by atoms with Crippen LogP contribution in [0.5, 0.6) is 0 Å². The molecule has 5 rings (SSSR count). The first-order chi connectivity index (χ1) is 16.0. The number of benzene rings is 2. The van der Waals surface area contributed by atoms with E-state index in [0.29, 0.717) is 17.2 Å². The number of rotatable bonds is 6. The Balaban J connectivity index is 1.59. The Morgan fingerprint density at radius 3 is 2.76 bits per heavy atom. The van der Waals surface area contributed by atoms with Crippen LogP contribution in [-0.4, -0.2) is 46.7 Å². The second kappa shape index (κ2) is 8.31. The Hall–Kier alpha value is -4.33. The Morgan fingerprint density at radius 1 is 1.06 bits per heavy atom. The summed E-state index contributed by atoms with van der Waals surface area (Å²) in [6, 6.07) is 16.0. The second-order valence-electron chi connectivity index (χ2n) is 8.04. The molecule has 0 saturated carbocycles. The molecule has 5 aromatic rings. The van der Waals surface area contributed by atoms with Crippen molar-refractivity contribution in [3.8, 4) is 11.1 Å². The van der Waals surface area contributed by atoms with Gasteiger partial charge < -0.3 is 20.5 Å². The quantitative estimate of drug-likeness (QED) is 0.303. The smallest absolute Gasteiger partial charge is 0.276 e. The fraction of sp³-hybridized carbons (Fsp3) is 0.160. The zero-order valence-corrected chi connectivity index (χ0v) is 18.7. The molecule has 0 bridgehead atoms. The first-order valence-electron chi connectivity index (χ1n) is 10.8. The summed E-state index contributed by atoms with van der Waals surface area (Å²) in [5, 5.41) is 15.4. The van der Waals surface area contributed by atoms with Crippen molar-refractivity contribution in [2.45, 2.75) is 6.92 Å². The van der Waals surface area contributed by atoms with Crippen LogP contribution in [0.25, 0.3) is 32.9 Å². The van der Waals surface area contributed by atoms with Crippen LogP contribution in [0.2, 0.25) is 0 Å². The highest BCUT2D eigenvalue weighted by molar-refractivity contribution is 6.11. The van der Waals surface area contributed by atoms with Crippen molar-refractivity contribution in [2.75, 3.05) is 36.2 Å². The maximum atomic E-state index is 13.4. The molecule has 0 saturated heterocycles. The monoisotopic (exact) mass is 439 g/mol. The van der Waals surface area contributed by atoms with E-state index in [1.165, 1.54) is 0 Å². The number of carbonyl (C=O) groups is 1. The summed E-state index contributed by atoms with van der Waals surface area (Å²) < 4.78 is 0. The van der Waals surface area contributed by atoms with Crippen molar-refractivity contribution in [1.82, 2.24) is 20.2 Å². The van der Waals surface area contributed by atoms with Gasteiger partial charge in [-0.2, -0.15) is 5.10 Å². The molecule has 0 aliphatic heterocycles. The third-order valence-electron chi connectivity index (χ3n) is 5.64. The lowest BCUT2D eigenvalue weighted by molar-refractivity contribution is 0.102. The number of hydrogen-bond donors (Lipinski definition) is 4. The third-order valence-corrected chi connectivity index (χ3v) is 5.64. The number of hydrogen-bond acceptors (Lipinski definition) is 5. The molecule has 0 atom stereocenters. The molecule has 1 amide bonds. The average Bonchev–Trinajstić information content (AvgIpc) is 3.48. The molecule has 2 aromatic carbocycles. The van der Waals surface area contributed by atoms with E-state index >= 15 is 0 Å². The van der Waals surface area contributed by atoms with E-state index in [-0.39, 0.29) is 5.91 Å². The SMILES string of the molecule is CCNc1ccc(N(C)C)c(C(=O)Nc2cc(-c3cccc4[nH]ccc34)cc3[nH]ncc23)n1. The lowest BCUT2D eigenvalue weighted by Gasteiger charge is -2.18. The highest BCUT2D eigenvalue weighted by Crippen LogP contribution is 2.34. The van der Waals surface area contributed by atoms with Crippen molar-refractivity contribution < 1.29 is 4.79 Å². The molecular formula is C25H25N7O. The highest BCUT2D eigenvalue weighted by Gasteiger charge is 2.18. The van der Waals surface area contributed by atoms with Gasteiger partial charge in [0.1, 0.15) is 5.82 Å². The minimum Gasteiger partial charge on any atom is -0.376 e. The zero-order valence-electron chi connectivity index (χ0n) is 18.7. The van der Waals surface area contributed by atoms with Crippen molar-refractivity contribution >= 4 is 44.9 Å². The molecule has 4 N–H and O–H groups in total. The predicted molar refractivity (Wildman–Crippen MR) is 134 cm³/mol. The van der Waals surface area contributed by atoms with Gasteiger partial charge in [0.2, 0.25) is 0 Å². The van der Waals surface area contributed by atoms with E-state index in [4.69, 9.17) is 0 Å². The number of aromatic nitrogens is 4. The molecule has 33 heavy (non-hydrogen) atoms. The number of carbonyl (C=O) groups excluding carboxylic acids is 1. The van der Waals surface area contributed by atoms with Gasteiger partial charge in [-0.15, -0.1) is 0 Å². The summed E-state index contributed by atoms with van der Waals surface area (Å²) in [6.45, 7) is 2.71. The molecular weight excluding hydrogens is 414 g/mol. The molecule has 0 unspecified atom stereocenters. The maximum Gasteiger partial charge on any atom is 0.276 e. The van der Waals surface area contributed by atoms with E-state index in [0.717, 1.165) is 45.2 Å². The lowest BCUT2D eigenvalue weighted by Crippen LogP contribution is -2.21. The number of H-pyrrole nitrogens is 2. The number of nitrogens with one attached hydrogen (secondary N) is 4. The number of nitrogens with zero attached hydrogens (tertiary/aromatic N) is 3. The first kappa shape index (κ1) is 20.6. The van der Waals surface area contributed by atoms with Gasteiger partial charge in [-0.3, -0.25) is 9.89 Å². The largest absolute Gasteiger partial charge is 0.376 e. The summed E-state index contributed by atoms with van der Waals surface area (Å²) in [5.41, 5.74) is 5.73. The molecule has 3 heterocycles. The van der Waals surface area contributed by atoms with Gasteiger partial charge in [0.05, 0.1) is 23.1 Å². The van der Waals surface area contributed by atoms with Crippen molar-refractivity contribution in [3.05, 3.63) is 66.6 Å². The first-order valence-corrected chi connectivity index (χ1v) is 10.8. The number of pyridine rings is 1. The lowest BCUT2D eigenvalue weighted by atomic mass is 9.99. The standard InChI is InChI=1S/C25H25N7O/c1-4-26-23-9-8-22(32(2)3)24(30-23)25(33)29-20-12-15(13-21-18(20)14-28-31-21)16-6-5-7-19-17(16)10-11-27-19/h5-14,27H,4H2,1-3H3,(H,26,30)(H,28,31)(H,29,33). The maximum absolute atomic E-state index is 13.4. The van der Waals surface area contributed by atoms with E-state index in [1.807, 2.05) is 62.4 Å². The Labute approximate surface area is 191 Å². The number of anilines is 3. The molecule has 166 valence electrons. The van der Waals surface area contributed by atoms with Crippen molar-refractivity contribution in [3.63, 3.8) is 0 Å². The van der Waals surface area contributed by atoms with Crippen LogP contribution in [0.1, 0.15) is 17.4 Å². The minimum absolute atomic E-state index is 0.280. The minimum atomic E-state index is -0.280. The van der Waals surface area contributed by atoms with Crippen LogP contribution < -0.4 is 15.5 Å².